The molecular weight excluding hydrogens is 230 g/mol. The highest BCUT2D eigenvalue weighted by atomic mass is 16.2. The van der Waals surface area contributed by atoms with E-state index >= 15 is 0 Å². The first-order valence-electron chi connectivity index (χ1n) is 7.10. The fourth-order valence-corrected chi connectivity index (χ4v) is 3.50. The zero-order valence-electron chi connectivity index (χ0n) is 10.7. The van der Waals surface area contributed by atoms with Gasteiger partial charge in [-0.25, -0.2) is 0 Å². The molecule has 3 saturated heterocycles. The fraction of sp³-hybridized carbons (Fsp3) is 0.846. The molecule has 3 rings (SSSR count). The van der Waals surface area contributed by atoms with Gasteiger partial charge in [0.05, 0.1) is 6.04 Å². The Morgan fingerprint density at radius 1 is 1.00 bits per heavy atom. The van der Waals surface area contributed by atoms with Crippen molar-refractivity contribution in [3.8, 4) is 0 Å². The summed E-state index contributed by atoms with van der Waals surface area (Å²) >= 11 is 0. The van der Waals surface area contributed by atoms with Crippen LogP contribution in [-0.2, 0) is 9.59 Å². The van der Waals surface area contributed by atoms with Gasteiger partial charge in [0.2, 0.25) is 11.8 Å². The van der Waals surface area contributed by atoms with E-state index in [0.29, 0.717) is 12.6 Å². The van der Waals surface area contributed by atoms with Crippen LogP contribution in [0.25, 0.3) is 0 Å². The number of amides is 2. The molecule has 3 aliphatic heterocycles. The lowest BCUT2D eigenvalue weighted by atomic mass is 10.1. The molecule has 3 atom stereocenters. The number of carbonyl (C=O) groups is 2. The molecule has 0 aliphatic carbocycles. The zero-order valence-corrected chi connectivity index (χ0v) is 10.7. The van der Waals surface area contributed by atoms with Crippen molar-refractivity contribution in [2.75, 3.05) is 13.1 Å². The van der Waals surface area contributed by atoms with Crippen LogP contribution in [0.3, 0.4) is 0 Å². The maximum atomic E-state index is 12.6. The minimum absolute atomic E-state index is 0.0494. The second-order valence-electron chi connectivity index (χ2n) is 5.57. The Morgan fingerprint density at radius 2 is 1.89 bits per heavy atom. The Balaban J connectivity index is 1.89. The first-order chi connectivity index (χ1) is 8.77. The second-order valence-corrected chi connectivity index (χ2v) is 5.57. The van der Waals surface area contributed by atoms with Crippen LogP contribution in [0.4, 0.5) is 0 Å². The van der Waals surface area contributed by atoms with Crippen molar-refractivity contribution < 1.29 is 9.59 Å². The molecule has 2 amide bonds. The normalized spacial score (nSPS) is 37.1. The SMILES string of the molecule is O=C1NCCCN[C@H]2CCC[C@@H]3CC[C@@H]1N3C2=O. The summed E-state index contributed by atoms with van der Waals surface area (Å²) < 4.78 is 0. The predicted molar refractivity (Wildman–Crippen MR) is 66.9 cm³/mol. The number of nitrogens with zero attached hydrogens (tertiary/aromatic N) is 1. The topological polar surface area (TPSA) is 61.4 Å². The standard InChI is InChI=1S/C13H21N3O2/c17-12-11-6-5-9-3-1-4-10(13(18)16(9)11)14-7-2-8-15-12/h9-11,14H,1-8H2,(H,15,17)/t9-,10+,11+/m1/s1. The minimum Gasteiger partial charge on any atom is -0.354 e. The summed E-state index contributed by atoms with van der Waals surface area (Å²) in [5.74, 6) is 0.199. The Hall–Kier alpha value is -1.10. The van der Waals surface area contributed by atoms with Gasteiger partial charge in [0.25, 0.3) is 0 Å². The lowest BCUT2D eigenvalue weighted by Gasteiger charge is -2.31. The maximum absolute atomic E-state index is 12.6. The monoisotopic (exact) mass is 251 g/mol. The average Bonchev–Trinajstić information content (AvgIpc) is 2.73. The van der Waals surface area contributed by atoms with Gasteiger partial charge >= 0.3 is 0 Å². The molecule has 0 spiro atoms. The summed E-state index contributed by atoms with van der Waals surface area (Å²) in [6.07, 6.45) is 5.75. The lowest BCUT2D eigenvalue weighted by Crippen LogP contribution is -2.55. The van der Waals surface area contributed by atoms with Gasteiger partial charge in [-0.15, -0.1) is 0 Å². The summed E-state index contributed by atoms with van der Waals surface area (Å²) in [6.45, 7) is 1.52. The number of hydrogen-bond acceptors (Lipinski definition) is 3. The first-order valence-corrected chi connectivity index (χ1v) is 7.10. The highest BCUT2D eigenvalue weighted by molar-refractivity contribution is 5.91. The Bertz CT molecular complexity index is 358. The molecule has 0 saturated carbocycles. The van der Waals surface area contributed by atoms with Gasteiger partial charge < -0.3 is 15.5 Å². The van der Waals surface area contributed by atoms with Crippen LogP contribution < -0.4 is 10.6 Å². The molecule has 100 valence electrons. The molecule has 5 heteroatoms. The molecule has 0 aromatic carbocycles. The van der Waals surface area contributed by atoms with E-state index < -0.39 is 0 Å². The van der Waals surface area contributed by atoms with Gasteiger partial charge in [0.15, 0.2) is 0 Å². The molecule has 0 aromatic heterocycles. The van der Waals surface area contributed by atoms with E-state index in [0.717, 1.165) is 45.1 Å². The molecule has 0 radical (unpaired) electrons. The highest BCUT2D eigenvalue weighted by Crippen LogP contribution is 2.32. The molecule has 2 bridgehead atoms. The van der Waals surface area contributed by atoms with Crippen molar-refractivity contribution in [3.63, 3.8) is 0 Å². The maximum Gasteiger partial charge on any atom is 0.242 e. The molecule has 3 aliphatic rings. The van der Waals surface area contributed by atoms with Crippen molar-refractivity contribution >= 4 is 11.8 Å². The van der Waals surface area contributed by atoms with E-state index in [9.17, 15) is 9.59 Å². The first kappa shape index (κ1) is 12.0. The Morgan fingerprint density at radius 3 is 2.78 bits per heavy atom. The van der Waals surface area contributed by atoms with E-state index in [4.69, 9.17) is 0 Å². The predicted octanol–water partition coefficient (Wildman–Crippen LogP) is 0.00800. The van der Waals surface area contributed by atoms with Crippen molar-refractivity contribution in [2.45, 2.75) is 56.7 Å². The molecule has 3 heterocycles. The number of nitrogens with one attached hydrogen (secondary N) is 2. The molecule has 2 N–H and O–H groups in total. The van der Waals surface area contributed by atoms with Gasteiger partial charge in [0.1, 0.15) is 6.04 Å². The number of fused-ring (bicyclic) bond motifs is 1. The van der Waals surface area contributed by atoms with Crippen molar-refractivity contribution in [3.05, 3.63) is 0 Å². The third kappa shape index (κ3) is 2.00. The van der Waals surface area contributed by atoms with Gasteiger partial charge in [-0.05, 0) is 45.1 Å². The summed E-state index contributed by atoms with van der Waals surface area (Å²) in [7, 11) is 0. The molecule has 0 unspecified atom stereocenters. The van der Waals surface area contributed by atoms with Crippen molar-refractivity contribution in [1.82, 2.24) is 15.5 Å². The van der Waals surface area contributed by atoms with Gasteiger partial charge in [-0.3, -0.25) is 9.59 Å². The molecule has 18 heavy (non-hydrogen) atoms. The van der Waals surface area contributed by atoms with E-state index in [1.165, 1.54) is 0 Å². The largest absolute Gasteiger partial charge is 0.354 e. The zero-order chi connectivity index (χ0) is 12.5. The van der Waals surface area contributed by atoms with E-state index in [1.807, 2.05) is 4.90 Å². The molecule has 3 fully saturated rings. The fourth-order valence-electron chi connectivity index (χ4n) is 3.50. The smallest absolute Gasteiger partial charge is 0.242 e. The van der Waals surface area contributed by atoms with E-state index in [-0.39, 0.29) is 23.9 Å². The Labute approximate surface area is 107 Å². The third-order valence-electron chi connectivity index (χ3n) is 4.43. The average molecular weight is 251 g/mol. The molecular formula is C13H21N3O2. The summed E-state index contributed by atoms with van der Waals surface area (Å²) in [6, 6.07) is 0.00368. The second kappa shape index (κ2) is 4.88. The van der Waals surface area contributed by atoms with Crippen LogP contribution >= 0.6 is 0 Å². The quantitative estimate of drug-likeness (QED) is 0.637. The lowest BCUT2D eigenvalue weighted by molar-refractivity contribution is -0.141. The number of rotatable bonds is 0. The summed E-state index contributed by atoms with van der Waals surface area (Å²) in [4.78, 5) is 26.6. The highest BCUT2D eigenvalue weighted by Gasteiger charge is 2.44. The van der Waals surface area contributed by atoms with Crippen LogP contribution in [0.1, 0.15) is 38.5 Å². The van der Waals surface area contributed by atoms with Gasteiger partial charge in [-0.1, -0.05) is 0 Å². The minimum atomic E-state index is -0.219. The van der Waals surface area contributed by atoms with Crippen LogP contribution in [0.5, 0.6) is 0 Å². The Kier molecular flexibility index (Phi) is 3.24. The molecule has 5 nitrogen and oxygen atoms in total. The van der Waals surface area contributed by atoms with Gasteiger partial charge in [0, 0.05) is 12.6 Å². The van der Waals surface area contributed by atoms with Crippen LogP contribution in [0.2, 0.25) is 0 Å². The van der Waals surface area contributed by atoms with E-state index in [1.54, 1.807) is 0 Å². The summed E-state index contributed by atoms with van der Waals surface area (Å²) in [5.41, 5.74) is 0. The van der Waals surface area contributed by atoms with Crippen molar-refractivity contribution in [1.29, 1.82) is 0 Å². The number of carbonyl (C=O) groups excluding carboxylic acids is 2. The van der Waals surface area contributed by atoms with Crippen molar-refractivity contribution in [2.24, 2.45) is 0 Å². The van der Waals surface area contributed by atoms with Gasteiger partial charge in [-0.2, -0.15) is 0 Å². The van der Waals surface area contributed by atoms with Crippen LogP contribution in [0.15, 0.2) is 0 Å². The molecule has 0 aromatic rings. The third-order valence-corrected chi connectivity index (χ3v) is 4.43. The van der Waals surface area contributed by atoms with Crippen LogP contribution in [-0.4, -0.2) is 47.9 Å². The van der Waals surface area contributed by atoms with Crippen LogP contribution in [0, 0.1) is 0 Å². The van der Waals surface area contributed by atoms with E-state index in [2.05, 4.69) is 10.6 Å². The number of hydrogen-bond donors (Lipinski definition) is 2. The summed E-state index contributed by atoms with van der Waals surface area (Å²) in [5, 5.41) is 6.30.